The molecule has 0 saturated heterocycles. The lowest BCUT2D eigenvalue weighted by Gasteiger charge is -2.03. The van der Waals surface area contributed by atoms with Gasteiger partial charge < -0.3 is 9.84 Å². The second-order valence-electron chi connectivity index (χ2n) is 3.53. The number of nitrogens with zero attached hydrogens (tertiary/aromatic N) is 1. The van der Waals surface area contributed by atoms with Gasteiger partial charge in [-0.05, 0) is 24.3 Å². The van der Waals surface area contributed by atoms with Gasteiger partial charge in [-0.2, -0.15) is 0 Å². The van der Waals surface area contributed by atoms with Crippen LogP contribution in [0.2, 0.25) is 5.02 Å². The number of ether oxygens (including phenoxy) is 1. The number of aromatic nitrogens is 1. The molecule has 0 amide bonds. The number of hydrogen-bond donors (Lipinski definition) is 1. The fourth-order valence-electron chi connectivity index (χ4n) is 1.32. The van der Waals surface area contributed by atoms with E-state index in [4.69, 9.17) is 21.4 Å². The summed E-state index contributed by atoms with van der Waals surface area (Å²) in [6, 6.07) is 7.03. The number of rotatable bonds is 5. The maximum Gasteiger partial charge on any atom is 0.308 e. The summed E-state index contributed by atoms with van der Waals surface area (Å²) in [5.74, 6) is -0.154. The van der Waals surface area contributed by atoms with Crippen LogP contribution in [-0.2, 0) is 17.8 Å². The quantitative estimate of drug-likeness (QED) is 0.916. The van der Waals surface area contributed by atoms with Crippen molar-refractivity contribution < 1.29 is 14.6 Å². The monoisotopic (exact) mass is 283 g/mol. The molecule has 0 aliphatic rings. The number of carbonyl (C=O) groups is 1. The summed E-state index contributed by atoms with van der Waals surface area (Å²) in [6.07, 6.45) is 1.57. The van der Waals surface area contributed by atoms with Crippen molar-refractivity contribution in [1.82, 2.24) is 4.98 Å². The lowest BCUT2D eigenvalue weighted by Crippen LogP contribution is -1.97. The molecule has 0 aliphatic heterocycles. The molecule has 1 aromatic carbocycles. The molecule has 18 heavy (non-hydrogen) atoms. The van der Waals surface area contributed by atoms with Crippen molar-refractivity contribution in [2.75, 3.05) is 0 Å². The summed E-state index contributed by atoms with van der Waals surface area (Å²) < 4.78 is 5.51. The molecule has 0 saturated carbocycles. The predicted molar refractivity (Wildman–Crippen MR) is 69.2 cm³/mol. The molecule has 4 nitrogen and oxygen atoms in total. The molecule has 0 aliphatic carbocycles. The van der Waals surface area contributed by atoms with E-state index < -0.39 is 5.97 Å². The van der Waals surface area contributed by atoms with E-state index in [9.17, 15) is 4.79 Å². The number of carboxylic acids is 1. The van der Waals surface area contributed by atoms with E-state index >= 15 is 0 Å². The Labute approximate surface area is 113 Å². The molecule has 0 radical (unpaired) electrons. The minimum absolute atomic E-state index is 0.00138. The number of carboxylic acid groups (broad SMARTS) is 1. The van der Waals surface area contributed by atoms with Gasteiger partial charge in [0.2, 0.25) is 0 Å². The summed E-state index contributed by atoms with van der Waals surface area (Å²) in [4.78, 5) is 15.3. The molecule has 0 bridgehead atoms. The van der Waals surface area contributed by atoms with Crippen LogP contribution in [0.3, 0.4) is 0 Å². The molecule has 1 aromatic heterocycles. The smallest absolute Gasteiger partial charge is 0.308 e. The SMILES string of the molecule is O=C(O)Cc1cnc(COc2ccc(Cl)cc2)s1. The largest absolute Gasteiger partial charge is 0.486 e. The first kappa shape index (κ1) is 12.9. The Hall–Kier alpha value is -1.59. The third-order valence-corrected chi connectivity index (χ3v) is 3.33. The lowest BCUT2D eigenvalue weighted by atomic mass is 10.3. The maximum absolute atomic E-state index is 10.5. The van der Waals surface area contributed by atoms with Gasteiger partial charge in [-0.15, -0.1) is 11.3 Å². The first-order chi connectivity index (χ1) is 8.63. The van der Waals surface area contributed by atoms with Crippen LogP contribution in [0.4, 0.5) is 0 Å². The molecule has 2 aromatic rings. The van der Waals surface area contributed by atoms with E-state index in [-0.39, 0.29) is 6.42 Å². The molecule has 0 spiro atoms. The molecule has 94 valence electrons. The Morgan fingerprint density at radius 3 is 2.78 bits per heavy atom. The average Bonchev–Trinajstić information content (AvgIpc) is 2.75. The van der Waals surface area contributed by atoms with Gasteiger partial charge in [0.1, 0.15) is 17.4 Å². The fraction of sp³-hybridized carbons (Fsp3) is 0.167. The molecule has 0 fully saturated rings. The van der Waals surface area contributed by atoms with Crippen molar-refractivity contribution in [1.29, 1.82) is 0 Å². The Balaban J connectivity index is 1.92. The van der Waals surface area contributed by atoms with E-state index in [0.29, 0.717) is 17.4 Å². The van der Waals surface area contributed by atoms with Gasteiger partial charge >= 0.3 is 5.97 Å². The Morgan fingerprint density at radius 1 is 1.39 bits per heavy atom. The summed E-state index contributed by atoms with van der Waals surface area (Å²) in [5, 5.41) is 10.0. The first-order valence-electron chi connectivity index (χ1n) is 5.17. The van der Waals surface area contributed by atoms with Gasteiger partial charge in [-0.25, -0.2) is 4.98 Å². The van der Waals surface area contributed by atoms with Crippen molar-refractivity contribution in [3.05, 3.63) is 45.4 Å². The van der Waals surface area contributed by atoms with Crippen LogP contribution in [0, 0.1) is 0 Å². The van der Waals surface area contributed by atoms with Crippen LogP contribution in [-0.4, -0.2) is 16.1 Å². The third-order valence-electron chi connectivity index (χ3n) is 2.10. The highest BCUT2D eigenvalue weighted by Gasteiger charge is 2.06. The van der Waals surface area contributed by atoms with Crippen LogP contribution < -0.4 is 4.74 Å². The molecular formula is C12H10ClNO3S. The summed E-state index contributed by atoms with van der Waals surface area (Å²) >= 11 is 7.10. The maximum atomic E-state index is 10.5. The van der Waals surface area contributed by atoms with Crippen molar-refractivity contribution >= 4 is 28.9 Å². The third kappa shape index (κ3) is 3.72. The number of halogens is 1. The Morgan fingerprint density at radius 2 is 2.11 bits per heavy atom. The van der Waals surface area contributed by atoms with Gasteiger partial charge in [-0.3, -0.25) is 4.79 Å². The number of benzene rings is 1. The second kappa shape index (κ2) is 5.84. The van der Waals surface area contributed by atoms with Gasteiger partial charge in [0.05, 0.1) is 6.42 Å². The van der Waals surface area contributed by atoms with Gasteiger partial charge in [0, 0.05) is 16.1 Å². The van der Waals surface area contributed by atoms with E-state index in [1.165, 1.54) is 11.3 Å². The highest BCUT2D eigenvalue weighted by molar-refractivity contribution is 7.11. The first-order valence-corrected chi connectivity index (χ1v) is 6.36. The van der Waals surface area contributed by atoms with E-state index in [2.05, 4.69) is 4.98 Å². The minimum atomic E-state index is -0.858. The Kier molecular flexibility index (Phi) is 4.17. The highest BCUT2D eigenvalue weighted by Crippen LogP contribution is 2.19. The number of hydrogen-bond acceptors (Lipinski definition) is 4. The van der Waals surface area contributed by atoms with Crippen LogP contribution in [0.1, 0.15) is 9.88 Å². The number of aliphatic carboxylic acids is 1. The molecule has 1 N–H and O–H groups in total. The van der Waals surface area contributed by atoms with Gasteiger partial charge in [-0.1, -0.05) is 11.6 Å². The molecule has 0 atom stereocenters. The van der Waals surface area contributed by atoms with Crippen molar-refractivity contribution in [3.8, 4) is 5.75 Å². The summed E-state index contributed by atoms with van der Waals surface area (Å²) in [6.45, 7) is 0.325. The average molecular weight is 284 g/mol. The summed E-state index contributed by atoms with van der Waals surface area (Å²) in [7, 11) is 0. The van der Waals surface area contributed by atoms with Crippen LogP contribution in [0.15, 0.2) is 30.5 Å². The molecular weight excluding hydrogens is 274 g/mol. The van der Waals surface area contributed by atoms with Crippen molar-refractivity contribution in [3.63, 3.8) is 0 Å². The zero-order valence-corrected chi connectivity index (χ0v) is 10.9. The number of thiazole rings is 1. The van der Waals surface area contributed by atoms with Crippen LogP contribution >= 0.6 is 22.9 Å². The van der Waals surface area contributed by atoms with Crippen LogP contribution in [0.5, 0.6) is 5.75 Å². The van der Waals surface area contributed by atoms with Gasteiger partial charge in [0.25, 0.3) is 0 Å². The Bertz CT molecular complexity index is 539. The van der Waals surface area contributed by atoms with Crippen molar-refractivity contribution in [2.45, 2.75) is 13.0 Å². The van der Waals surface area contributed by atoms with E-state index in [0.717, 1.165) is 9.88 Å². The predicted octanol–water partition coefficient (Wildman–Crippen LogP) is 3.00. The van der Waals surface area contributed by atoms with E-state index in [1.54, 1.807) is 30.5 Å². The van der Waals surface area contributed by atoms with Crippen LogP contribution in [0.25, 0.3) is 0 Å². The normalized spacial score (nSPS) is 10.3. The zero-order valence-electron chi connectivity index (χ0n) is 9.30. The minimum Gasteiger partial charge on any atom is -0.486 e. The van der Waals surface area contributed by atoms with Gasteiger partial charge in [0.15, 0.2) is 0 Å². The molecule has 1 heterocycles. The molecule has 6 heteroatoms. The molecule has 2 rings (SSSR count). The standard InChI is InChI=1S/C12H10ClNO3S/c13-8-1-3-9(4-2-8)17-7-11-14-6-10(18-11)5-12(15)16/h1-4,6H,5,7H2,(H,15,16). The summed E-state index contributed by atoms with van der Waals surface area (Å²) in [5.41, 5.74) is 0. The second-order valence-corrected chi connectivity index (χ2v) is 5.17. The molecule has 0 unspecified atom stereocenters. The highest BCUT2D eigenvalue weighted by atomic mass is 35.5. The fourth-order valence-corrected chi connectivity index (χ4v) is 2.27. The van der Waals surface area contributed by atoms with Crippen molar-refractivity contribution in [2.24, 2.45) is 0 Å². The lowest BCUT2D eigenvalue weighted by molar-refractivity contribution is -0.136. The zero-order chi connectivity index (χ0) is 13.0. The van der Waals surface area contributed by atoms with E-state index in [1.807, 2.05) is 0 Å². The topological polar surface area (TPSA) is 59.4 Å².